The van der Waals surface area contributed by atoms with E-state index in [1.54, 1.807) is 6.92 Å². The molecule has 20 heavy (non-hydrogen) atoms. The van der Waals surface area contributed by atoms with Gasteiger partial charge in [-0.15, -0.1) is 0 Å². The van der Waals surface area contributed by atoms with Crippen molar-refractivity contribution in [1.29, 1.82) is 0 Å². The number of aromatic amines is 1. The molecule has 0 aliphatic heterocycles. The van der Waals surface area contributed by atoms with Gasteiger partial charge in [-0.3, -0.25) is 19.1 Å². The molecule has 0 saturated heterocycles. The van der Waals surface area contributed by atoms with Crippen molar-refractivity contribution in [2.45, 2.75) is 39.8 Å². The first-order chi connectivity index (χ1) is 9.15. The second-order valence-electron chi connectivity index (χ2n) is 5.42. The van der Waals surface area contributed by atoms with E-state index in [1.807, 2.05) is 20.8 Å². The van der Waals surface area contributed by atoms with Crippen LogP contribution < -0.4 is 27.6 Å². The monoisotopic (exact) mass is 283 g/mol. The van der Waals surface area contributed by atoms with Gasteiger partial charge in [-0.1, -0.05) is 0 Å². The van der Waals surface area contributed by atoms with Crippen molar-refractivity contribution in [2.75, 3.05) is 17.6 Å². The number of anilines is 2. The molecule has 112 valence electrons. The highest BCUT2D eigenvalue weighted by Gasteiger charge is 2.15. The van der Waals surface area contributed by atoms with Crippen LogP contribution in [0.25, 0.3) is 0 Å². The summed E-state index contributed by atoms with van der Waals surface area (Å²) in [5, 5.41) is 5.41. The number of carbonyl (C=O) groups is 1. The number of nitrogens with two attached hydrogens (primary N) is 1. The summed E-state index contributed by atoms with van der Waals surface area (Å²) in [5.74, 6) is -0.254. The lowest BCUT2D eigenvalue weighted by molar-refractivity contribution is -0.120. The minimum Gasteiger partial charge on any atom is -0.383 e. The van der Waals surface area contributed by atoms with Crippen LogP contribution in [0.3, 0.4) is 0 Å². The quantitative estimate of drug-likeness (QED) is 0.591. The highest BCUT2D eigenvalue weighted by Crippen LogP contribution is 2.09. The van der Waals surface area contributed by atoms with E-state index in [0.717, 1.165) is 0 Å². The molecule has 0 spiro atoms. The van der Waals surface area contributed by atoms with Gasteiger partial charge in [-0.25, -0.2) is 4.79 Å². The van der Waals surface area contributed by atoms with Gasteiger partial charge >= 0.3 is 5.69 Å². The SMILES string of the molecule is CCn1c(N)c(NCC(=O)NC(C)(C)C)c(=O)[nH]c1=O. The van der Waals surface area contributed by atoms with Crippen molar-refractivity contribution in [3.63, 3.8) is 0 Å². The third-order valence-corrected chi connectivity index (χ3v) is 2.50. The lowest BCUT2D eigenvalue weighted by Crippen LogP contribution is -2.44. The van der Waals surface area contributed by atoms with E-state index in [2.05, 4.69) is 15.6 Å². The Bertz CT molecular complexity index is 609. The number of nitrogens with zero attached hydrogens (tertiary/aromatic N) is 1. The molecule has 0 unspecified atom stereocenters. The Balaban J connectivity index is 2.92. The van der Waals surface area contributed by atoms with Crippen molar-refractivity contribution >= 4 is 17.4 Å². The van der Waals surface area contributed by atoms with Crippen molar-refractivity contribution < 1.29 is 4.79 Å². The smallest absolute Gasteiger partial charge is 0.330 e. The molecule has 0 atom stereocenters. The average Bonchev–Trinajstić information content (AvgIpc) is 2.26. The highest BCUT2D eigenvalue weighted by atomic mass is 16.2. The Morgan fingerprint density at radius 2 is 1.95 bits per heavy atom. The van der Waals surface area contributed by atoms with Crippen LogP contribution in [-0.2, 0) is 11.3 Å². The summed E-state index contributed by atoms with van der Waals surface area (Å²) < 4.78 is 1.21. The first-order valence-electron chi connectivity index (χ1n) is 6.33. The van der Waals surface area contributed by atoms with Crippen LogP contribution in [0.2, 0.25) is 0 Å². The van der Waals surface area contributed by atoms with E-state index < -0.39 is 11.2 Å². The zero-order chi connectivity index (χ0) is 15.5. The molecule has 1 aromatic heterocycles. The summed E-state index contributed by atoms with van der Waals surface area (Å²) in [7, 11) is 0. The Labute approximate surface area is 116 Å². The van der Waals surface area contributed by atoms with Crippen LogP contribution in [0.4, 0.5) is 11.5 Å². The van der Waals surface area contributed by atoms with E-state index in [4.69, 9.17) is 5.73 Å². The van der Waals surface area contributed by atoms with Crippen molar-refractivity contribution in [3.05, 3.63) is 20.8 Å². The Morgan fingerprint density at radius 1 is 1.35 bits per heavy atom. The number of nitrogen functional groups attached to an aromatic ring is 1. The maximum Gasteiger partial charge on any atom is 0.330 e. The number of rotatable bonds is 4. The number of aromatic nitrogens is 2. The summed E-state index contributed by atoms with van der Waals surface area (Å²) in [6, 6.07) is 0. The second-order valence-corrected chi connectivity index (χ2v) is 5.42. The van der Waals surface area contributed by atoms with Crippen LogP contribution in [0.1, 0.15) is 27.7 Å². The number of hydrogen-bond acceptors (Lipinski definition) is 5. The normalized spacial score (nSPS) is 11.2. The minimum atomic E-state index is -0.638. The number of H-pyrrole nitrogens is 1. The van der Waals surface area contributed by atoms with E-state index in [1.165, 1.54) is 4.57 Å². The molecule has 1 rings (SSSR count). The van der Waals surface area contributed by atoms with E-state index >= 15 is 0 Å². The van der Waals surface area contributed by atoms with Gasteiger partial charge in [-0.05, 0) is 27.7 Å². The molecule has 1 heterocycles. The molecule has 8 heteroatoms. The number of hydrogen-bond donors (Lipinski definition) is 4. The molecule has 0 aromatic carbocycles. The minimum absolute atomic E-state index is 0.0183. The maximum absolute atomic E-state index is 11.7. The molecule has 0 bridgehead atoms. The van der Waals surface area contributed by atoms with Crippen LogP contribution in [0.15, 0.2) is 9.59 Å². The molecule has 0 aliphatic carbocycles. The Kier molecular flexibility index (Phi) is 4.59. The number of amides is 1. The predicted molar refractivity (Wildman–Crippen MR) is 77.8 cm³/mol. The van der Waals surface area contributed by atoms with Crippen LogP contribution in [-0.4, -0.2) is 27.5 Å². The van der Waals surface area contributed by atoms with Gasteiger partial charge in [-0.2, -0.15) is 0 Å². The molecule has 0 saturated carbocycles. The fourth-order valence-electron chi connectivity index (χ4n) is 1.70. The summed E-state index contributed by atoms with van der Waals surface area (Å²) in [5.41, 5.74) is 4.21. The molecule has 8 nitrogen and oxygen atoms in total. The lowest BCUT2D eigenvalue weighted by atomic mass is 10.1. The van der Waals surface area contributed by atoms with Gasteiger partial charge in [0, 0.05) is 12.1 Å². The third-order valence-electron chi connectivity index (χ3n) is 2.50. The second kappa shape index (κ2) is 5.81. The molecule has 5 N–H and O–H groups in total. The van der Waals surface area contributed by atoms with Gasteiger partial charge < -0.3 is 16.4 Å². The largest absolute Gasteiger partial charge is 0.383 e. The van der Waals surface area contributed by atoms with Crippen molar-refractivity contribution in [2.24, 2.45) is 0 Å². The third kappa shape index (κ3) is 3.87. The van der Waals surface area contributed by atoms with Crippen molar-refractivity contribution in [1.82, 2.24) is 14.9 Å². The van der Waals surface area contributed by atoms with Crippen LogP contribution >= 0.6 is 0 Å². The predicted octanol–water partition coefficient (Wildman–Crippen LogP) is -0.535. The Hall–Kier alpha value is -2.25. The topological polar surface area (TPSA) is 122 Å². The van der Waals surface area contributed by atoms with Gasteiger partial charge in [0.25, 0.3) is 5.56 Å². The maximum atomic E-state index is 11.7. The fraction of sp³-hybridized carbons (Fsp3) is 0.583. The van der Waals surface area contributed by atoms with E-state index in [-0.39, 0.29) is 29.5 Å². The molecule has 0 aliphatic rings. The molecule has 0 fully saturated rings. The first-order valence-corrected chi connectivity index (χ1v) is 6.33. The van der Waals surface area contributed by atoms with E-state index in [9.17, 15) is 14.4 Å². The lowest BCUT2D eigenvalue weighted by Gasteiger charge is -2.21. The standard InChI is InChI=1S/C12H21N5O3/c1-5-17-9(13)8(10(19)15-11(17)20)14-6-7(18)16-12(2,3)4/h14H,5-6,13H2,1-4H3,(H,16,18)(H,15,19,20). The zero-order valence-corrected chi connectivity index (χ0v) is 12.2. The van der Waals surface area contributed by atoms with Gasteiger partial charge in [0.1, 0.15) is 11.5 Å². The van der Waals surface area contributed by atoms with Gasteiger partial charge in [0.05, 0.1) is 6.54 Å². The van der Waals surface area contributed by atoms with Crippen LogP contribution in [0.5, 0.6) is 0 Å². The van der Waals surface area contributed by atoms with Crippen LogP contribution in [0, 0.1) is 0 Å². The van der Waals surface area contributed by atoms with E-state index in [0.29, 0.717) is 6.54 Å². The summed E-state index contributed by atoms with van der Waals surface area (Å²) in [4.78, 5) is 37.0. The number of nitrogens with one attached hydrogen (secondary N) is 3. The zero-order valence-electron chi connectivity index (χ0n) is 12.2. The molecular formula is C12H21N5O3. The Morgan fingerprint density at radius 3 is 2.45 bits per heavy atom. The first kappa shape index (κ1) is 15.8. The fourth-order valence-corrected chi connectivity index (χ4v) is 1.70. The molecular weight excluding hydrogens is 262 g/mol. The summed E-state index contributed by atoms with van der Waals surface area (Å²) >= 11 is 0. The van der Waals surface area contributed by atoms with Gasteiger partial charge in [0.2, 0.25) is 5.91 Å². The molecule has 0 radical (unpaired) electrons. The number of carbonyl (C=O) groups excluding carboxylic acids is 1. The summed E-state index contributed by atoms with van der Waals surface area (Å²) in [6.07, 6.45) is 0. The molecule has 1 amide bonds. The summed E-state index contributed by atoms with van der Waals surface area (Å²) in [6.45, 7) is 7.50. The average molecular weight is 283 g/mol. The highest BCUT2D eigenvalue weighted by molar-refractivity contribution is 5.82. The van der Waals surface area contributed by atoms with Gasteiger partial charge in [0.15, 0.2) is 0 Å². The molecule has 1 aromatic rings. The van der Waals surface area contributed by atoms with Crippen molar-refractivity contribution in [3.8, 4) is 0 Å².